The van der Waals surface area contributed by atoms with Crippen LogP contribution in [-0.2, 0) is 11.2 Å². The van der Waals surface area contributed by atoms with E-state index in [1.54, 1.807) is 0 Å². The van der Waals surface area contributed by atoms with Crippen LogP contribution in [0, 0.1) is 0 Å². The fraction of sp³-hybridized carbons (Fsp3) is 0.143. The molecule has 0 spiro atoms. The molecule has 4 heteroatoms. The van der Waals surface area contributed by atoms with Crippen molar-refractivity contribution in [1.29, 1.82) is 0 Å². The summed E-state index contributed by atoms with van der Waals surface area (Å²) < 4.78 is 0. The van der Waals surface area contributed by atoms with E-state index in [4.69, 9.17) is 5.11 Å². The van der Waals surface area contributed by atoms with Gasteiger partial charge in [-0.1, -0.05) is 6.07 Å². The van der Waals surface area contributed by atoms with Crippen LogP contribution < -0.4 is 5.56 Å². The van der Waals surface area contributed by atoms with Crippen LogP contribution in [0.3, 0.4) is 0 Å². The predicted octanol–water partition coefficient (Wildman–Crippen LogP) is 0.00200. The van der Waals surface area contributed by atoms with Crippen LogP contribution in [0.15, 0.2) is 23.1 Å². The number of hydrogen-bond donors (Lipinski definition) is 2. The smallest absolute Gasteiger partial charge is 0.307 e. The van der Waals surface area contributed by atoms with Crippen molar-refractivity contribution in [3.63, 3.8) is 0 Å². The SMILES string of the molecule is O=C(O)Cc1ccc(=O)[nH]c1. The normalized spacial score (nSPS) is 9.45. The third-order valence-electron chi connectivity index (χ3n) is 1.20. The molecule has 1 rings (SSSR count). The maximum atomic E-state index is 10.5. The molecule has 0 aliphatic rings. The zero-order valence-corrected chi connectivity index (χ0v) is 5.70. The van der Waals surface area contributed by atoms with Gasteiger partial charge in [-0.25, -0.2) is 0 Å². The van der Waals surface area contributed by atoms with E-state index in [-0.39, 0.29) is 12.0 Å². The maximum Gasteiger partial charge on any atom is 0.307 e. The molecule has 0 aromatic carbocycles. The van der Waals surface area contributed by atoms with Gasteiger partial charge in [-0.3, -0.25) is 9.59 Å². The van der Waals surface area contributed by atoms with Crippen molar-refractivity contribution in [2.75, 3.05) is 0 Å². The summed E-state index contributed by atoms with van der Waals surface area (Å²) in [5.41, 5.74) is 0.372. The van der Waals surface area contributed by atoms with Gasteiger partial charge in [0.25, 0.3) is 0 Å². The van der Waals surface area contributed by atoms with Gasteiger partial charge in [0.2, 0.25) is 5.56 Å². The van der Waals surface area contributed by atoms with Gasteiger partial charge in [-0.05, 0) is 5.56 Å². The first-order valence-corrected chi connectivity index (χ1v) is 3.08. The van der Waals surface area contributed by atoms with Crippen molar-refractivity contribution < 1.29 is 9.90 Å². The largest absolute Gasteiger partial charge is 0.481 e. The second-order valence-electron chi connectivity index (χ2n) is 2.13. The molecule has 0 saturated heterocycles. The van der Waals surface area contributed by atoms with Crippen molar-refractivity contribution in [2.24, 2.45) is 0 Å². The first kappa shape index (κ1) is 7.53. The third-order valence-corrected chi connectivity index (χ3v) is 1.20. The zero-order valence-electron chi connectivity index (χ0n) is 5.70. The molecule has 0 saturated carbocycles. The highest BCUT2D eigenvalue weighted by atomic mass is 16.4. The molecule has 1 aromatic rings. The van der Waals surface area contributed by atoms with Crippen LogP contribution in [0.25, 0.3) is 0 Å². The van der Waals surface area contributed by atoms with Crippen LogP contribution in [0.5, 0.6) is 0 Å². The van der Waals surface area contributed by atoms with Crippen molar-refractivity contribution in [2.45, 2.75) is 6.42 Å². The van der Waals surface area contributed by atoms with Crippen molar-refractivity contribution in [1.82, 2.24) is 4.98 Å². The summed E-state index contributed by atoms with van der Waals surface area (Å²) in [7, 11) is 0. The minimum atomic E-state index is -0.906. The molecular formula is C7H7NO3. The standard InChI is InChI=1S/C7H7NO3/c9-6-2-1-5(4-8-6)3-7(10)11/h1-2,4H,3H2,(H,8,9)(H,10,11). The Hall–Kier alpha value is -1.58. The number of hydrogen-bond acceptors (Lipinski definition) is 2. The van der Waals surface area contributed by atoms with Gasteiger partial charge in [-0.15, -0.1) is 0 Å². The summed E-state index contributed by atoms with van der Waals surface area (Å²) in [6.45, 7) is 0. The van der Waals surface area contributed by atoms with E-state index in [1.165, 1.54) is 18.3 Å². The van der Waals surface area contributed by atoms with Gasteiger partial charge in [0.05, 0.1) is 6.42 Å². The number of carbonyl (C=O) groups is 1. The van der Waals surface area contributed by atoms with Crippen molar-refractivity contribution in [3.05, 3.63) is 34.2 Å². The van der Waals surface area contributed by atoms with Gasteiger partial charge in [0.1, 0.15) is 0 Å². The Balaban J connectivity index is 2.82. The van der Waals surface area contributed by atoms with E-state index < -0.39 is 5.97 Å². The lowest BCUT2D eigenvalue weighted by molar-refractivity contribution is -0.136. The van der Waals surface area contributed by atoms with E-state index in [0.29, 0.717) is 5.56 Å². The molecule has 0 radical (unpaired) electrons. The number of H-pyrrole nitrogens is 1. The summed E-state index contributed by atoms with van der Waals surface area (Å²) >= 11 is 0. The van der Waals surface area contributed by atoms with E-state index in [0.717, 1.165) is 0 Å². The summed E-state index contributed by atoms with van der Waals surface area (Å²) in [6, 6.07) is 2.80. The molecule has 1 heterocycles. The highest BCUT2D eigenvalue weighted by molar-refractivity contribution is 5.69. The predicted molar refractivity (Wildman–Crippen MR) is 38.4 cm³/mol. The molecule has 11 heavy (non-hydrogen) atoms. The van der Waals surface area contributed by atoms with Crippen LogP contribution in [-0.4, -0.2) is 16.1 Å². The number of carboxylic acids is 1. The quantitative estimate of drug-likeness (QED) is 0.628. The molecule has 0 fully saturated rings. The second kappa shape index (κ2) is 3.01. The Morgan fingerprint density at radius 2 is 2.27 bits per heavy atom. The topological polar surface area (TPSA) is 70.2 Å². The number of aromatic nitrogens is 1. The lowest BCUT2D eigenvalue weighted by Gasteiger charge is -1.92. The lowest BCUT2D eigenvalue weighted by Crippen LogP contribution is -2.06. The summed E-state index contributed by atoms with van der Waals surface area (Å²) in [5.74, 6) is -0.906. The molecule has 0 bridgehead atoms. The number of aliphatic carboxylic acids is 1. The molecule has 58 valence electrons. The van der Waals surface area contributed by atoms with Gasteiger partial charge in [0.15, 0.2) is 0 Å². The Labute approximate surface area is 62.5 Å². The fourth-order valence-corrected chi connectivity index (χ4v) is 0.727. The van der Waals surface area contributed by atoms with Crippen LogP contribution in [0.4, 0.5) is 0 Å². The molecule has 4 nitrogen and oxygen atoms in total. The van der Waals surface area contributed by atoms with Gasteiger partial charge < -0.3 is 10.1 Å². The van der Waals surface area contributed by atoms with Gasteiger partial charge in [0, 0.05) is 12.3 Å². The van der Waals surface area contributed by atoms with Gasteiger partial charge >= 0.3 is 5.97 Å². The molecule has 0 atom stereocenters. The summed E-state index contributed by atoms with van der Waals surface area (Å²) in [6.07, 6.45) is 1.34. The maximum absolute atomic E-state index is 10.5. The van der Waals surface area contributed by atoms with Crippen LogP contribution >= 0.6 is 0 Å². The first-order chi connectivity index (χ1) is 5.18. The highest BCUT2D eigenvalue weighted by Gasteiger charge is 1.98. The summed E-state index contributed by atoms with van der Waals surface area (Å²) in [5, 5.41) is 8.34. The number of carboxylic acid groups (broad SMARTS) is 1. The molecule has 0 aliphatic carbocycles. The van der Waals surface area contributed by atoms with E-state index >= 15 is 0 Å². The Morgan fingerprint density at radius 1 is 1.55 bits per heavy atom. The molecule has 1 aromatic heterocycles. The highest BCUT2D eigenvalue weighted by Crippen LogP contribution is 1.93. The van der Waals surface area contributed by atoms with Crippen LogP contribution in [0.1, 0.15) is 5.56 Å². The molecule has 0 amide bonds. The monoisotopic (exact) mass is 153 g/mol. The molecule has 0 aliphatic heterocycles. The minimum Gasteiger partial charge on any atom is -0.481 e. The van der Waals surface area contributed by atoms with Gasteiger partial charge in [-0.2, -0.15) is 0 Å². The van der Waals surface area contributed by atoms with E-state index in [9.17, 15) is 9.59 Å². The number of aromatic amines is 1. The number of rotatable bonds is 2. The zero-order chi connectivity index (χ0) is 8.27. The minimum absolute atomic E-state index is 0.0588. The lowest BCUT2D eigenvalue weighted by atomic mass is 10.2. The summed E-state index contributed by atoms with van der Waals surface area (Å²) in [4.78, 5) is 23.1. The Kier molecular flexibility index (Phi) is 2.06. The number of nitrogens with one attached hydrogen (secondary N) is 1. The number of pyridine rings is 1. The first-order valence-electron chi connectivity index (χ1n) is 3.08. The second-order valence-corrected chi connectivity index (χ2v) is 2.13. The van der Waals surface area contributed by atoms with Crippen molar-refractivity contribution >= 4 is 5.97 Å². The third kappa shape index (κ3) is 2.25. The van der Waals surface area contributed by atoms with Crippen LogP contribution in [0.2, 0.25) is 0 Å². The fourth-order valence-electron chi connectivity index (χ4n) is 0.727. The van der Waals surface area contributed by atoms with Crippen molar-refractivity contribution in [3.8, 4) is 0 Å². The molecular weight excluding hydrogens is 146 g/mol. The Morgan fingerprint density at radius 3 is 2.73 bits per heavy atom. The Bertz CT molecular complexity index is 295. The van der Waals surface area contributed by atoms with E-state index in [1.807, 2.05) is 0 Å². The molecule has 0 unspecified atom stereocenters. The van der Waals surface area contributed by atoms with E-state index in [2.05, 4.69) is 4.98 Å². The average molecular weight is 153 g/mol. The molecule has 2 N–H and O–H groups in total. The average Bonchev–Trinajstić information content (AvgIpc) is 1.93.